The number of para-hydroxylation sites is 1. The molecule has 2 aliphatic rings. The molecule has 2 aliphatic heterocycles. The van der Waals surface area contributed by atoms with Crippen LogP contribution in [0.1, 0.15) is 34.5 Å². The Hall–Kier alpha value is -4.20. The number of hydrogen-bond acceptors (Lipinski definition) is 5. The van der Waals surface area contributed by atoms with E-state index in [2.05, 4.69) is 15.2 Å². The van der Waals surface area contributed by atoms with Crippen LogP contribution >= 0.6 is 0 Å². The van der Waals surface area contributed by atoms with Crippen molar-refractivity contribution in [2.45, 2.75) is 31.7 Å². The van der Waals surface area contributed by atoms with Crippen molar-refractivity contribution in [2.75, 3.05) is 37.7 Å². The predicted molar refractivity (Wildman–Crippen MR) is 145 cm³/mol. The smallest absolute Gasteiger partial charge is 0.253 e. The zero-order valence-corrected chi connectivity index (χ0v) is 21.7. The first-order valence-electron chi connectivity index (χ1n) is 13.1. The Balaban J connectivity index is 1.27. The van der Waals surface area contributed by atoms with Crippen molar-refractivity contribution in [1.29, 1.82) is 0 Å². The van der Waals surface area contributed by atoms with Gasteiger partial charge in [-0.2, -0.15) is 0 Å². The van der Waals surface area contributed by atoms with E-state index < -0.39 is 5.54 Å². The van der Waals surface area contributed by atoms with Crippen molar-refractivity contribution in [2.24, 2.45) is 0 Å². The van der Waals surface area contributed by atoms with Gasteiger partial charge in [-0.3, -0.25) is 19.4 Å². The van der Waals surface area contributed by atoms with Crippen molar-refractivity contribution in [1.82, 2.24) is 20.1 Å². The molecule has 0 bridgehead atoms. The summed E-state index contributed by atoms with van der Waals surface area (Å²) in [7, 11) is 0. The van der Waals surface area contributed by atoms with E-state index in [0.717, 1.165) is 16.9 Å². The van der Waals surface area contributed by atoms with Gasteiger partial charge in [0.2, 0.25) is 5.91 Å². The highest BCUT2D eigenvalue weighted by molar-refractivity contribution is 5.97. The highest BCUT2D eigenvalue weighted by Gasteiger charge is 2.54. The lowest BCUT2D eigenvalue weighted by Crippen LogP contribution is -2.57. The lowest BCUT2D eigenvalue weighted by Gasteiger charge is -2.43. The molecule has 3 heterocycles. The molecule has 3 aromatic rings. The lowest BCUT2D eigenvalue weighted by molar-refractivity contribution is -0.137. The SMILES string of the molecule is Cc1ccc(C(=O)N2CCC3(CC2)C(=O)N(CC(=O)NCCc2ccccn2)CN3c2ccccc2)cc1. The Kier molecular flexibility index (Phi) is 7.40. The van der Waals surface area contributed by atoms with Gasteiger partial charge in [0.15, 0.2) is 0 Å². The van der Waals surface area contributed by atoms with Crippen molar-refractivity contribution < 1.29 is 14.4 Å². The highest BCUT2D eigenvalue weighted by atomic mass is 16.2. The van der Waals surface area contributed by atoms with Crippen LogP contribution in [0.3, 0.4) is 0 Å². The first-order valence-corrected chi connectivity index (χ1v) is 13.1. The quantitative estimate of drug-likeness (QED) is 0.527. The number of benzene rings is 2. The lowest BCUT2D eigenvalue weighted by atomic mass is 9.85. The van der Waals surface area contributed by atoms with Crippen LogP contribution in [0.5, 0.6) is 0 Å². The Bertz CT molecular complexity index is 1270. The third-order valence-corrected chi connectivity index (χ3v) is 7.52. The number of anilines is 1. The number of carbonyl (C=O) groups is 3. The Labute approximate surface area is 223 Å². The van der Waals surface area contributed by atoms with Gasteiger partial charge in [-0.25, -0.2) is 0 Å². The van der Waals surface area contributed by atoms with Gasteiger partial charge in [0.25, 0.3) is 11.8 Å². The molecule has 3 amide bonds. The second-order valence-electron chi connectivity index (χ2n) is 10.0. The molecule has 38 heavy (non-hydrogen) atoms. The van der Waals surface area contributed by atoms with Crippen LogP contribution in [-0.4, -0.2) is 70.9 Å². The Morgan fingerprint density at radius 3 is 2.34 bits per heavy atom. The van der Waals surface area contributed by atoms with E-state index in [1.165, 1.54) is 0 Å². The first-order chi connectivity index (χ1) is 18.5. The maximum Gasteiger partial charge on any atom is 0.253 e. The molecule has 2 fully saturated rings. The standard InChI is InChI=1S/C30H33N5O3/c1-23-10-12-24(13-11-23)28(37)33-19-15-30(16-20-33)29(38)34(22-35(30)26-8-3-2-4-9-26)21-27(36)32-18-14-25-7-5-6-17-31-25/h2-13,17H,14-16,18-22H2,1H3,(H,32,36). The molecule has 0 atom stereocenters. The fourth-order valence-corrected chi connectivity index (χ4v) is 5.39. The molecule has 2 aromatic carbocycles. The molecule has 0 aliphatic carbocycles. The third kappa shape index (κ3) is 5.25. The molecule has 1 spiro atoms. The van der Waals surface area contributed by atoms with Crippen molar-refractivity contribution in [3.05, 3.63) is 95.8 Å². The summed E-state index contributed by atoms with van der Waals surface area (Å²) in [6.45, 7) is 3.75. The molecule has 1 aromatic heterocycles. The molecule has 5 rings (SSSR count). The largest absolute Gasteiger partial charge is 0.354 e. The number of aromatic nitrogens is 1. The third-order valence-electron chi connectivity index (χ3n) is 7.52. The molecule has 8 nitrogen and oxygen atoms in total. The van der Waals surface area contributed by atoms with Gasteiger partial charge < -0.3 is 20.0 Å². The van der Waals surface area contributed by atoms with Gasteiger partial charge >= 0.3 is 0 Å². The summed E-state index contributed by atoms with van der Waals surface area (Å²) < 4.78 is 0. The number of aryl methyl sites for hydroxylation is 1. The van der Waals surface area contributed by atoms with Gasteiger partial charge in [0, 0.05) is 49.2 Å². The maximum absolute atomic E-state index is 13.9. The number of pyridine rings is 1. The summed E-state index contributed by atoms with van der Waals surface area (Å²) in [6, 6.07) is 23.1. The average Bonchev–Trinajstić information content (AvgIpc) is 3.20. The summed E-state index contributed by atoms with van der Waals surface area (Å²) in [4.78, 5) is 49.6. The molecule has 8 heteroatoms. The first kappa shape index (κ1) is 25.4. The minimum absolute atomic E-state index is 0.00184. The van der Waals surface area contributed by atoms with Crippen LogP contribution in [0.2, 0.25) is 0 Å². The maximum atomic E-state index is 13.9. The van der Waals surface area contributed by atoms with Crippen LogP contribution < -0.4 is 10.2 Å². The predicted octanol–water partition coefficient (Wildman–Crippen LogP) is 3.03. The van der Waals surface area contributed by atoms with Gasteiger partial charge in [0.1, 0.15) is 12.1 Å². The second kappa shape index (κ2) is 11.0. The molecule has 196 valence electrons. The van der Waals surface area contributed by atoms with Gasteiger partial charge in [0.05, 0.1) is 6.67 Å². The van der Waals surface area contributed by atoms with E-state index >= 15 is 0 Å². The van der Waals surface area contributed by atoms with E-state index in [-0.39, 0.29) is 24.3 Å². The van der Waals surface area contributed by atoms with Crippen molar-refractivity contribution in [3.8, 4) is 0 Å². The number of carbonyl (C=O) groups excluding carboxylic acids is 3. The van der Waals surface area contributed by atoms with E-state index in [4.69, 9.17) is 0 Å². The summed E-state index contributed by atoms with van der Waals surface area (Å²) in [6.07, 6.45) is 3.38. The molecule has 0 unspecified atom stereocenters. The molecule has 0 saturated carbocycles. The van der Waals surface area contributed by atoms with E-state index in [9.17, 15) is 14.4 Å². The summed E-state index contributed by atoms with van der Waals surface area (Å²) in [5.74, 6) is -0.254. The van der Waals surface area contributed by atoms with E-state index in [0.29, 0.717) is 51.1 Å². The van der Waals surface area contributed by atoms with Gasteiger partial charge in [-0.1, -0.05) is 42.0 Å². The molecule has 0 radical (unpaired) electrons. The average molecular weight is 512 g/mol. The minimum Gasteiger partial charge on any atom is -0.354 e. The molecule has 1 N–H and O–H groups in total. The van der Waals surface area contributed by atoms with Crippen molar-refractivity contribution in [3.63, 3.8) is 0 Å². The van der Waals surface area contributed by atoms with Crippen LogP contribution in [0.25, 0.3) is 0 Å². The fraction of sp³-hybridized carbons (Fsp3) is 0.333. The van der Waals surface area contributed by atoms with E-state index in [1.807, 2.05) is 84.6 Å². The van der Waals surface area contributed by atoms with Gasteiger partial charge in [-0.05, 0) is 56.2 Å². The molecular formula is C30H33N5O3. The minimum atomic E-state index is -0.778. The van der Waals surface area contributed by atoms with Gasteiger partial charge in [-0.15, -0.1) is 0 Å². The number of nitrogens with one attached hydrogen (secondary N) is 1. The van der Waals surface area contributed by atoms with Crippen LogP contribution in [0.15, 0.2) is 79.0 Å². The highest BCUT2D eigenvalue weighted by Crippen LogP contribution is 2.39. The Morgan fingerprint density at radius 1 is 0.947 bits per heavy atom. The molecule has 2 saturated heterocycles. The Morgan fingerprint density at radius 2 is 1.66 bits per heavy atom. The van der Waals surface area contributed by atoms with Crippen LogP contribution in [0.4, 0.5) is 5.69 Å². The summed E-state index contributed by atoms with van der Waals surface area (Å²) in [5, 5.41) is 2.92. The summed E-state index contributed by atoms with van der Waals surface area (Å²) >= 11 is 0. The second-order valence-corrected chi connectivity index (χ2v) is 10.0. The molecular weight excluding hydrogens is 478 g/mol. The fourth-order valence-electron chi connectivity index (χ4n) is 5.39. The zero-order valence-electron chi connectivity index (χ0n) is 21.7. The number of amides is 3. The number of nitrogens with zero attached hydrogens (tertiary/aromatic N) is 4. The summed E-state index contributed by atoms with van der Waals surface area (Å²) in [5.41, 5.74) is 2.84. The van der Waals surface area contributed by atoms with E-state index in [1.54, 1.807) is 11.1 Å². The number of likely N-dealkylation sites (tertiary alicyclic amines) is 1. The zero-order chi connectivity index (χ0) is 26.5. The number of rotatable bonds is 7. The normalized spacial score (nSPS) is 16.7. The number of piperidine rings is 1. The topological polar surface area (TPSA) is 85.8 Å². The van der Waals surface area contributed by atoms with Crippen LogP contribution in [-0.2, 0) is 16.0 Å². The van der Waals surface area contributed by atoms with Crippen LogP contribution in [0, 0.1) is 6.92 Å². The number of hydrogen-bond donors (Lipinski definition) is 1. The van der Waals surface area contributed by atoms with Crippen molar-refractivity contribution >= 4 is 23.4 Å². The monoisotopic (exact) mass is 511 g/mol.